The van der Waals surface area contributed by atoms with E-state index in [2.05, 4.69) is 15.0 Å². The van der Waals surface area contributed by atoms with Crippen molar-refractivity contribution in [3.05, 3.63) is 76.5 Å². The summed E-state index contributed by atoms with van der Waals surface area (Å²) < 4.78 is 6.00. The van der Waals surface area contributed by atoms with Crippen molar-refractivity contribution >= 4 is 17.5 Å². The summed E-state index contributed by atoms with van der Waals surface area (Å²) in [5.41, 5.74) is 1.51. The molecule has 2 aromatic heterocycles. The molecule has 1 fully saturated rings. The molecule has 0 saturated carbocycles. The van der Waals surface area contributed by atoms with E-state index >= 15 is 0 Å². The van der Waals surface area contributed by atoms with Crippen LogP contribution in [0, 0.1) is 6.92 Å². The SMILES string of the molecule is Cc1nccc(C(=O)N2CCC[C@H](c3ncc(Cc4cccc(Cl)c4)o3)C2)n1. The summed E-state index contributed by atoms with van der Waals surface area (Å²) in [4.78, 5) is 27.4. The molecule has 3 heterocycles. The molecule has 144 valence electrons. The number of hydrogen-bond donors (Lipinski definition) is 0. The lowest BCUT2D eigenvalue weighted by atomic mass is 9.97. The van der Waals surface area contributed by atoms with Crippen LogP contribution in [0.25, 0.3) is 0 Å². The molecule has 1 amide bonds. The van der Waals surface area contributed by atoms with E-state index in [9.17, 15) is 4.79 Å². The molecule has 1 saturated heterocycles. The topological polar surface area (TPSA) is 72.1 Å². The van der Waals surface area contributed by atoms with Gasteiger partial charge < -0.3 is 9.32 Å². The molecule has 0 unspecified atom stereocenters. The molecule has 0 radical (unpaired) electrons. The van der Waals surface area contributed by atoms with Crippen LogP contribution in [0.3, 0.4) is 0 Å². The Balaban J connectivity index is 1.45. The van der Waals surface area contributed by atoms with Gasteiger partial charge in [0.15, 0.2) is 5.89 Å². The number of halogens is 1. The van der Waals surface area contributed by atoms with Crippen molar-refractivity contribution in [3.8, 4) is 0 Å². The molecule has 0 spiro atoms. The molecule has 1 aliphatic heterocycles. The zero-order chi connectivity index (χ0) is 19.5. The van der Waals surface area contributed by atoms with E-state index in [0.29, 0.717) is 41.9 Å². The number of benzene rings is 1. The highest BCUT2D eigenvalue weighted by Gasteiger charge is 2.29. The molecule has 0 aliphatic carbocycles. The van der Waals surface area contributed by atoms with E-state index in [4.69, 9.17) is 16.0 Å². The first-order chi connectivity index (χ1) is 13.6. The minimum Gasteiger partial charge on any atom is -0.445 e. The largest absolute Gasteiger partial charge is 0.445 e. The van der Waals surface area contributed by atoms with Crippen LogP contribution in [-0.2, 0) is 6.42 Å². The summed E-state index contributed by atoms with van der Waals surface area (Å²) in [6.07, 6.45) is 5.89. The van der Waals surface area contributed by atoms with Gasteiger partial charge in [0.05, 0.1) is 12.1 Å². The molecular weight excluding hydrogens is 376 g/mol. The molecule has 28 heavy (non-hydrogen) atoms. The molecular formula is C21H21ClN4O2. The number of oxazole rings is 1. The average Bonchev–Trinajstić information content (AvgIpc) is 3.16. The van der Waals surface area contributed by atoms with Gasteiger partial charge in [-0.05, 0) is 43.5 Å². The Hall–Kier alpha value is -2.73. The number of aromatic nitrogens is 3. The molecule has 4 rings (SSSR count). The van der Waals surface area contributed by atoms with Crippen molar-refractivity contribution in [2.45, 2.75) is 32.1 Å². The highest BCUT2D eigenvalue weighted by atomic mass is 35.5. The second kappa shape index (κ2) is 8.10. The van der Waals surface area contributed by atoms with Gasteiger partial charge in [-0.25, -0.2) is 15.0 Å². The van der Waals surface area contributed by atoms with E-state index in [-0.39, 0.29) is 11.8 Å². The second-order valence-electron chi connectivity index (χ2n) is 7.05. The van der Waals surface area contributed by atoms with E-state index in [1.165, 1.54) is 0 Å². The maximum atomic E-state index is 12.8. The lowest BCUT2D eigenvalue weighted by Gasteiger charge is -2.31. The van der Waals surface area contributed by atoms with Crippen molar-refractivity contribution in [2.75, 3.05) is 13.1 Å². The number of aryl methyl sites for hydroxylation is 1. The number of carbonyl (C=O) groups excluding carboxylic acids is 1. The Kier molecular flexibility index (Phi) is 5.39. The summed E-state index contributed by atoms with van der Waals surface area (Å²) in [7, 11) is 0. The number of likely N-dealkylation sites (tertiary alicyclic amines) is 1. The number of nitrogens with zero attached hydrogens (tertiary/aromatic N) is 4. The predicted octanol–water partition coefficient (Wildman–Crippen LogP) is 4.04. The second-order valence-corrected chi connectivity index (χ2v) is 7.49. The van der Waals surface area contributed by atoms with Crippen LogP contribution < -0.4 is 0 Å². The Morgan fingerprint density at radius 1 is 1.32 bits per heavy atom. The summed E-state index contributed by atoms with van der Waals surface area (Å²) in [5, 5.41) is 0.707. The maximum absolute atomic E-state index is 12.8. The zero-order valence-corrected chi connectivity index (χ0v) is 16.4. The van der Waals surface area contributed by atoms with Gasteiger partial charge in [0.25, 0.3) is 5.91 Å². The van der Waals surface area contributed by atoms with Crippen molar-refractivity contribution in [1.82, 2.24) is 19.9 Å². The monoisotopic (exact) mass is 396 g/mol. The van der Waals surface area contributed by atoms with E-state index in [1.807, 2.05) is 29.2 Å². The highest BCUT2D eigenvalue weighted by molar-refractivity contribution is 6.30. The lowest BCUT2D eigenvalue weighted by molar-refractivity contribution is 0.0691. The Bertz CT molecular complexity index is 988. The third-order valence-electron chi connectivity index (χ3n) is 4.89. The number of piperidine rings is 1. The third-order valence-corrected chi connectivity index (χ3v) is 5.13. The summed E-state index contributed by atoms with van der Waals surface area (Å²) in [6.45, 7) is 3.08. The first-order valence-electron chi connectivity index (χ1n) is 9.36. The fourth-order valence-electron chi connectivity index (χ4n) is 3.54. The van der Waals surface area contributed by atoms with Gasteiger partial charge in [-0.15, -0.1) is 0 Å². The first kappa shape index (κ1) is 18.6. The molecule has 1 aromatic carbocycles. The highest BCUT2D eigenvalue weighted by Crippen LogP contribution is 2.28. The van der Waals surface area contributed by atoms with Crippen molar-refractivity contribution in [2.24, 2.45) is 0 Å². The standard InChI is InChI=1S/C21H21ClN4O2/c1-14-23-8-7-19(25-14)21(27)26-9-3-5-16(13-26)20-24-12-18(28-20)11-15-4-2-6-17(22)10-15/h2,4,6-8,10,12,16H,3,5,9,11,13H2,1H3/t16-/m0/s1. The van der Waals surface area contributed by atoms with E-state index < -0.39 is 0 Å². The van der Waals surface area contributed by atoms with Crippen molar-refractivity contribution in [1.29, 1.82) is 0 Å². The summed E-state index contributed by atoms with van der Waals surface area (Å²) in [5.74, 6) is 2.10. The smallest absolute Gasteiger partial charge is 0.272 e. The van der Waals surface area contributed by atoms with Gasteiger partial charge in [0, 0.05) is 30.7 Å². The minimum atomic E-state index is -0.0686. The van der Waals surface area contributed by atoms with Crippen LogP contribution in [0.1, 0.15) is 52.3 Å². The fraction of sp³-hybridized carbons (Fsp3) is 0.333. The van der Waals surface area contributed by atoms with Gasteiger partial charge in [-0.2, -0.15) is 0 Å². The van der Waals surface area contributed by atoms with Gasteiger partial charge in [-0.1, -0.05) is 23.7 Å². The van der Waals surface area contributed by atoms with Gasteiger partial charge in [0.2, 0.25) is 0 Å². The number of rotatable bonds is 4. The maximum Gasteiger partial charge on any atom is 0.272 e. The summed E-state index contributed by atoms with van der Waals surface area (Å²) >= 11 is 6.05. The Morgan fingerprint density at radius 3 is 3.04 bits per heavy atom. The van der Waals surface area contributed by atoms with E-state index in [0.717, 1.165) is 24.2 Å². The van der Waals surface area contributed by atoms with Crippen LogP contribution in [0.15, 0.2) is 47.1 Å². The van der Waals surface area contributed by atoms with Crippen LogP contribution in [-0.4, -0.2) is 38.8 Å². The zero-order valence-electron chi connectivity index (χ0n) is 15.6. The molecule has 6 nitrogen and oxygen atoms in total. The third kappa shape index (κ3) is 4.22. The number of carbonyl (C=O) groups is 1. The molecule has 3 aromatic rings. The van der Waals surface area contributed by atoms with Crippen molar-refractivity contribution < 1.29 is 9.21 Å². The molecule has 0 N–H and O–H groups in total. The number of hydrogen-bond acceptors (Lipinski definition) is 5. The van der Waals surface area contributed by atoms with E-state index in [1.54, 1.807) is 25.4 Å². The lowest BCUT2D eigenvalue weighted by Crippen LogP contribution is -2.39. The molecule has 0 bridgehead atoms. The van der Waals surface area contributed by atoms with Gasteiger partial charge in [0.1, 0.15) is 17.3 Å². The van der Waals surface area contributed by atoms with Crippen LogP contribution >= 0.6 is 11.6 Å². The molecule has 1 atom stereocenters. The fourth-order valence-corrected chi connectivity index (χ4v) is 3.75. The predicted molar refractivity (Wildman–Crippen MR) is 105 cm³/mol. The first-order valence-corrected chi connectivity index (χ1v) is 9.74. The average molecular weight is 397 g/mol. The minimum absolute atomic E-state index is 0.0686. The Labute approximate surface area is 168 Å². The normalized spacial score (nSPS) is 16.9. The van der Waals surface area contributed by atoms with Crippen molar-refractivity contribution in [3.63, 3.8) is 0 Å². The quantitative estimate of drug-likeness (QED) is 0.665. The Morgan fingerprint density at radius 2 is 2.21 bits per heavy atom. The molecule has 7 heteroatoms. The van der Waals surface area contributed by atoms with Crippen LogP contribution in [0.4, 0.5) is 0 Å². The molecule has 1 aliphatic rings. The van der Waals surface area contributed by atoms with Crippen LogP contribution in [0.5, 0.6) is 0 Å². The van der Waals surface area contributed by atoms with Gasteiger partial charge >= 0.3 is 0 Å². The van der Waals surface area contributed by atoms with Gasteiger partial charge in [-0.3, -0.25) is 4.79 Å². The van der Waals surface area contributed by atoms with Crippen LogP contribution in [0.2, 0.25) is 5.02 Å². The summed E-state index contributed by atoms with van der Waals surface area (Å²) in [6, 6.07) is 9.37. The number of amides is 1.